The number of hydrogen-bond acceptors (Lipinski definition) is 3. The second-order valence-corrected chi connectivity index (χ2v) is 2.58. The first-order valence-electron chi connectivity index (χ1n) is 4.24. The summed E-state index contributed by atoms with van der Waals surface area (Å²) in [7, 11) is 1.57. The van der Waals surface area contributed by atoms with Gasteiger partial charge in [-0.1, -0.05) is 20.3 Å². The fourth-order valence-electron chi connectivity index (χ4n) is 0.552. The highest BCUT2D eigenvalue weighted by molar-refractivity contribution is 5.66. The summed E-state index contributed by atoms with van der Waals surface area (Å²) in [5.41, 5.74) is 0. The molecule has 0 rings (SSSR count). The Morgan fingerprint density at radius 1 is 1.42 bits per heavy atom. The molecule has 0 aromatic rings. The average molecular weight is 176 g/mol. The largest absolute Gasteiger partial charge is 0.460 e. The van der Waals surface area contributed by atoms with Crippen molar-refractivity contribution in [2.75, 3.05) is 13.7 Å². The summed E-state index contributed by atoms with van der Waals surface area (Å²) in [5.74, 6) is -0.264. The van der Waals surface area contributed by atoms with E-state index in [4.69, 9.17) is 9.47 Å². The predicted molar refractivity (Wildman–Crippen MR) is 49.1 cm³/mol. The minimum absolute atomic E-state index is 0.132. The van der Waals surface area contributed by atoms with Gasteiger partial charge in [0.2, 0.25) is 0 Å². The molecule has 0 spiro atoms. The summed E-state index contributed by atoms with van der Waals surface area (Å²) >= 11 is 0. The Bertz CT molecular complexity index is 102. The topological polar surface area (TPSA) is 35.5 Å². The molecule has 0 aliphatic carbocycles. The lowest BCUT2D eigenvalue weighted by molar-refractivity contribution is -0.147. The molecule has 0 amide bonds. The van der Waals surface area contributed by atoms with Gasteiger partial charge in [0.1, 0.15) is 6.10 Å². The van der Waals surface area contributed by atoms with Gasteiger partial charge in [-0.3, -0.25) is 4.79 Å². The van der Waals surface area contributed by atoms with Crippen molar-refractivity contribution in [1.82, 2.24) is 0 Å². The summed E-state index contributed by atoms with van der Waals surface area (Å²) in [6.07, 6.45) is 1.12. The minimum atomic E-state index is -0.264. The van der Waals surface area contributed by atoms with Crippen LogP contribution in [0.25, 0.3) is 0 Å². The van der Waals surface area contributed by atoms with Gasteiger partial charge in [-0.15, -0.1) is 0 Å². The zero-order chi connectivity index (χ0) is 9.98. The molecular formula is C9H20O3. The summed E-state index contributed by atoms with van der Waals surface area (Å²) < 4.78 is 9.45. The van der Waals surface area contributed by atoms with Crippen molar-refractivity contribution < 1.29 is 14.3 Å². The maximum absolute atomic E-state index is 10.3. The molecule has 0 N–H and O–H groups in total. The van der Waals surface area contributed by atoms with Gasteiger partial charge in [0.15, 0.2) is 0 Å². The van der Waals surface area contributed by atoms with Crippen LogP contribution in [0.5, 0.6) is 0 Å². The van der Waals surface area contributed by atoms with E-state index in [9.17, 15) is 4.79 Å². The van der Waals surface area contributed by atoms with Crippen LogP contribution in [0.15, 0.2) is 0 Å². The van der Waals surface area contributed by atoms with E-state index >= 15 is 0 Å². The lowest BCUT2D eigenvalue weighted by Crippen LogP contribution is -2.17. The van der Waals surface area contributed by atoms with Gasteiger partial charge in [0.25, 0.3) is 0 Å². The van der Waals surface area contributed by atoms with E-state index in [1.807, 2.05) is 0 Å². The Morgan fingerprint density at radius 2 is 1.83 bits per heavy atom. The predicted octanol–water partition coefficient (Wildman–Crippen LogP) is 2.00. The van der Waals surface area contributed by atoms with Crippen molar-refractivity contribution in [2.45, 2.75) is 40.2 Å². The van der Waals surface area contributed by atoms with Gasteiger partial charge in [-0.25, -0.2) is 0 Å². The van der Waals surface area contributed by atoms with Crippen LogP contribution in [0.4, 0.5) is 0 Å². The molecule has 1 atom stereocenters. The summed E-state index contributed by atoms with van der Waals surface area (Å²) in [6.45, 7) is 7.87. The molecule has 74 valence electrons. The van der Waals surface area contributed by atoms with Crippen LogP contribution in [-0.4, -0.2) is 25.8 Å². The normalized spacial score (nSPS) is 11.1. The van der Waals surface area contributed by atoms with Crippen molar-refractivity contribution in [3.05, 3.63) is 0 Å². The lowest BCUT2D eigenvalue weighted by Gasteiger charge is -2.08. The van der Waals surface area contributed by atoms with Crippen molar-refractivity contribution in [1.29, 1.82) is 0 Å². The van der Waals surface area contributed by atoms with E-state index in [1.165, 1.54) is 13.3 Å². The van der Waals surface area contributed by atoms with Gasteiger partial charge in [-0.05, 0) is 6.92 Å². The Labute approximate surface area is 75.1 Å². The van der Waals surface area contributed by atoms with Crippen LogP contribution in [0.3, 0.4) is 0 Å². The minimum Gasteiger partial charge on any atom is -0.460 e. The molecule has 0 aromatic carbocycles. The molecule has 1 unspecified atom stereocenters. The molecule has 0 saturated carbocycles. The maximum atomic E-state index is 10.3. The zero-order valence-electron chi connectivity index (χ0n) is 8.72. The van der Waals surface area contributed by atoms with E-state index in [-0.39, 0.29) is 12.1 Å². The molecule has 0 aliphatic heterocycles. The van der Waals surface area contributed by atoms with Gasteiger partial charge in [0.05, 0.1) is 6.61 Å². The van der Waals surface area contributed by atoms with Crippen molar-refractivity contribution in [2.24, 2.45) is 0 Å². The number of hydrogen-bond donors (Lipinski definition) is 0. The third-order valence-corrected chi connectivity index (χ3v) is 0.769. The fourth-order valence-corrected chi connectivity index (χ4v) is 0.552. The third-order valence-electron chi connectivity index (χ3n) is 0.769. The molecule has 0 saturated heterocycles. The Kier molecular flexibility index (Phi) is 12.2. The molecule has 0 aliphatic rings. The summed E-state index contributed by atoms with van der Waals surface area (Å²) in [4.78, 5) is 10.3. The molecule has 0 bridgehead atoms. The average Bonchev–Trinajstić information content (AvgIpc) is 1.87. The first-order chi connectivity index (χ1) is 5.58. The first-order valence-corrected chi connectivity index (χ1v) is 4.24. The number of rotatable bonds is 3. The number of ether oxygens (including phenoxy) is 2. The third kappa shape index (κ3) is 16.2. The first kappa shape index (κ1) is 14.0. The summed E-state index contributed by atoms with van der Waals surface area (Å²) in [5, 5.41) is 0. The molecule has 0 radical (unpaired) electrons. The number of methoxy groups -OCH3 is 1. The van der Waals surface area contributed by atoms with Gasteiger partial charge < -0.3 is 9.47 Å². The Balaban J connectivity index is 0. The maximum Gasteiger partial charge on any atom is 0.302 e. The second-order valence-electron chi connectivity index (χ2n) is 2.58. The molecule has 0 heterocycles. The molecular weight excluding hydrogens is 156 g/mol. The fraction of sp³-hybridized carbons (Fsp3) is 0.889. The molecule has 0 fully saturated rings. The standard InChI is InChI=1S/C6H12O3.C3H8/c1-5(4-8-3)9-6(2)7;1-3-2/h5H,4H2,1-3H3;3H2,1-2H3. The highest BCUT2D eigenvalue weighted by Gasteiger charge is 2.02. The van der Waals surface area contributed by atoms with E-state index < -0.39 is 0 Å². The van der Waals surface area contributed by atoms with E-state index in [1.54, 1.807) is 14.0 Å². The van der Waals surface area contributed by atoms with Crippen LogP contribution >= 0.6 is 0 Å². The lowest BCUT2D eigenvalue weighted by atomic mass is 10.4. The molecule has 3 nitrogen and oxygen atoms in total. The second kappa shape index (κ2) is 10.4. The Morgan fingerprint density at radius 3 is 2.08 bits per heavy atom. The van der Waals surface area contributed by atoms with Gasteiger partial charge >= 0.3 is 5.97 Å². The highest BCUT2D eigenvalue weighted by atomic mass is 16.6. The van der Waals surface area contributed by atoms with Crippen LogP contribution in [0.1, 0.15) is 34.1 Å². The van der Waals surface area contributed by atoms with E-state index in [0.29, 0.717) is 6.61 Å². The molecule has 3 heteroatoms. The van der Waals surface area contributed by atoms with Crippen LogP contribution in [0.2, 0.25) is 0 Å². The van der Waals surface area contributed by atoms with Crippen molar-refractivity contribution >= 4 is 5.97 Å². The number of carbonyl (C=O) groups is 1. The smallest absolute Gasteiger partial charge is 0.302 e. The number of esters is 1. The van der Waals surface area contributed by atoms with Crippen LogP contribution in [-0.2, 0) is 14.3 Å². The van der Waals surface area contributed by atoms with Gasteiger partial charge in [0, 0.05) is 14.0 Å². The number of carbonyl (C=O) groups excluding carboxylic acids is 1. The van der Waals surface area contributed by atoms with E-state index in [2.05, 4.69) is 13.8 Å². The quantitative estimate of drug-likeness (QED) is 0.617. The summed E-state index contributed by atoms with van der Waals surface area (Å²) in [6, 6.07) is 0. The molecule has 0 aromatic heterocycles. The SMILES string of the molecule is CCC.COCC(C)OC(C)=O. The Hall–Kier alpha value is -0.570. The van der Waals surface area contributed by atoms with Crippen molar-refractivity contribution in [3.8, 4) is 0 Å². The monoisotopic (exact) mass is 176 g/mol. The van der Waals surface area contributed by atoms with Crippen LogP contribution in [0, 0.1) is 0 Å². The van der Waals surface area contributed by atoms with Gasteiger partial charge in [-0.2, -0.15) is 0 Å². The van der Waals surface area contributed by atoms with E-state index in [0.717, 1.165) is 0 Å². The molecule has 12 heavy (non-hydrogen) atoms. The zero-order valence-corrected chi connectivity index (χ0v) is 8.72. The highest BCUT2D eigenvalue weighted by Crippen LogP contribution is 1.90. The van der Waals surface area contributed by atoms with Crippen molar-refractivity contribution in [3.63, 3.8) is 0 Å². The van der Waals surface area contributed by atoms with Crippen LogP contribution < -0.4 is 0 Å².